The van der Waals surface area contributed by atoms with Crippen LogP contribution in [0.3, 0.4) is 0 Å². The van der Waals surface area contributed by atoms with Gasteiger partial charge < -0.3 is 17.3 Å². The Balaban J connectivity index is 0.000000431. The van der Waals surface area contributed by atoms with E-state index in [9.17, 15) is 17.3 Å². The summed E-state index contributed by atoms with van der Waals surface area (Å²) in [7, 11) is -3.87. The number of nitrogens with zero attached hydrogens (tertiary/aromatic N) is 1. The van der Waals surface area contributed by atoms with Gasteiger partial charge in [-0.05, 0) is 37.6 Å². The highest BCUT2D eigenvalue weighted by atomic mass is 35.5. The summed E-state index contributed by atoms with van der Waals surface area (Å²) in [5.74, 6) is 0. The smallest absolute Gasteiger partial charge is 0.418 e. The number of hydrogen-bond donors (Lipinski definition) is 0. The summed E-state index contributed by atoms with van der Waals surface area (Å²) in [6.45, 7) is 4.55. The molecule has 0 unspecified atom stereocenters. The van der Waals surface area contributed by atoms with E-state index >= 15 is 0 Å². The van der Waals surface area contributed by atoms with Gasteiger partial charge >= 0.3 is 7.25 Å². The van der Waals surface area contributed by atoms with Crippen molar-refractivity contribution in [2.45, 2.75) is 19.3 Å². The zero-order valence-corrected chi connectivity index (χ0v) is 15.4. The summed E-state index contributed by atoms with van der Waals surface area (Å²) >= 11 is 5.93. The van der Waals surface area contributed by atoms with Gasteiger partial charge in [-0.1, -0.05) is 41.9 Å². The number of benzene rings is 2. The lowest BCUT2D eigenvalue weighted by Crippen LogP contribution is -2.26. The van der Waals surface area contributed by atoms with Crippen molar-refractivity contribution in [3.8, 4) is 0 Å². The molecule has 0 aliphatic carbocycles. The van der Waals surface area contributed by atoms with Gasteiger partial charge in [-0.15, -0.1) is 0 Å². The quantitative estimate of drug-likeness (QED) is 0.322. The predicted molar refractivity (Wildman–Crippen MR) is 101 cm³/mol. The van der Waals surface area contributed by atoms with E-state index in [2.05, 4.69) is 61.9 Å². The standard InChI is InChI=1S/C19H19ClN.BF4/c1-19(2)16-6-4-5-7-17(16)21(3)18(19)13-10-14-8-11-15(20)12-9-14;2-1(3,4)5/h4-13H,1-3H3;/q+1;-1/b13-10+;. The third-order valence-corrected chi connectivity index (χ3v) is 4.50. The van der Waals surface area contributed by atoms with E-state index < -0.39 is 7.25 Å². The van der Waals surface area contributed by atoms with Gasteiger partial charge in [-0.3, -0.25) is 0 Å². The maximum atomic E-state index is 9.75. The van der Waals surface area contributed by atoms with Gasteiger partial charge in [0.2, 0.25) is 5.69 Å². The molecule has 0 saturated carbocycles. The fraction of sp³-hybridized carbons (Fsp3) is 0.211. The highest BCUT2D eigenvalue weighted by Gasteiger charge is 2.42. The van der Waals surface area contributed by atoms with Gasteiger partial charge in [-0.25, -0.2) is 0 Å². The molecular weight excluding hydrogens is 364 g/mol. The van der Waals surface area contributed by atoms with E-state index in [-0.39, 0.29) is 5.41 Å². The first-order valence-electron chi connectivity index (χ1n) is 8.02. The van der Waals surface area contributed by atoms with Crippen molar-refractivity contribution in [1.82, 2.24) is 0 Å². The van der Waals surface area contributed by atoms with Gasteiger partial charge in [0, 0.05) is 22.7 Å². The molecule has 1 nitrogen and oxygen atoms in total. The molecule has 3 rings (SSSR count). The van der Waals surface area contributed by atoms with Crippen LogP contribution in [0.15, 0.2) is 54.6 Å². The Morgan fingerprint density at radius 2 is 1.46 bits per heavy atom. The SMILES string of the molecule is C[N+]1=C(/C=C/c2ccc(Cl)cc2)C(C)(C)c2ccccc21.F[B-](F)(F)F. The molecule has 0 bridgehead atoms. The molecule has 138 valence electrons. The monoisotopic (exact) mass is 383 g/mol. The molecule has 2 aromatic rings. The Kier molecular flexibility index (Phi) is 5.96. The Labute approximate surface area is 155 Å². The molecule has 0 radical (unpaired) electrons. The molecular formula is C19H19BClF4N. The maximum absolute atomic E-state index is 9.75. The van der Waals surface area contributed by atoms with Crippen molar-refractivity contribution < 1.29 is 21.8 Å². The lowest BCUT2D eigenvalue weighted by molar-refractivity contribution is -0.401. The molecule has 0 spiro atoms. The summed E-state index contributed by atoms with van der Waals surface area (Å²) in [4.78, 5) is 0. The minimum absolute atomic E-state index is 0.0221. The minimum Gasteiger partial charge on any atom is -0.418 e. The zero-order valence-electron chi connectivity index (χ0n) is 14.7. The van der Waals surface area contributed by atoms with E-state index in [1.165, 1.54) is 17.0 Å². The van der Waals surface area contributed by atoms with Crippen molar-refractivity contribution >= 4 is 36.3 Å². The molecule has 0 aromatic heterocycles. The molecule has 0 amide bonds. The van der Waals surface area contributed by atoms with E-state index in [4.69, 9.17) is 11.6 Å². The Morgan fingerprint density at radius 1 is 0.923 bits per heavy atom. The summed E-state index contributed by atoms with van der Waals surface area (Å²) in [5, 5.41) is 0.769. The van der Waals surface area contributed by atoms with E-state index in [0.29, 0.717) is 0 Å². The summed E-state index contributed by atoms with van der Waals surface area (Å²) in [6, 6.07) is 16.5. The van der Waals surface area contributed by atoms with Gasteiger partial charge in [0.15, 0.2) is 5.71 Å². The third kappa shape index (κ3) is 4.98. The van der Waals surface area contributed by atoms with Crippen LogP contribution >= 0.6 is 11.6 Å². The Bertz CT molecular complexity index is 833. The summed E-state index contributed by atoms with van der Waals surface area (Å²) in [5.41, 5.74) is 5.15. The topological polar surface area (TPSA) is 3.01 Å². The number of fused-ring (bicyclic) bond motifs is 1. The van der Waals surface area contributed by atoms with Crippen molar-refractivity contribution in [1.29, 1.82) is 0 Å². The van der Waals surface area contributed by atoms with Crippen molar-refractivity contribution in [2.75, 3.05) is 7.05 Å². The molecule has 7 heteroatoms. The normalized spacial score (nSPS) is 15.7. The van der Waals surface area contributed by atoms with Gasteiger partial charge in [-0.2, -0.15) is 4.58 Å². The van der Waals surface area contributed by atoms with Crippen LogP contribution in [0.1, 0.15) is 25.0 Å². The average Bonchev–Trinajstić information content (AvgIpc) is 2.73. The molecule has 1 aliphatic heterocycles. The molecule has 2 aromatic carbocycles. The second-order valence-electron chi connectivity index (χ2n) is 6.47. The highest BCUT2D eigenvalue weighted by molar-refractivity contribution is 6.50. The van der Waals surface area contributed by atoms with Crippen LogP contribution < -0.4 is 0 Å². The summed E-state index contributed by atoms with van der Waals surface area (Å²) < 4.78 is 41.3. The van der Waals surface area contributed by atoms with Crippen molar-refractivity contribution in [3.05, 3.63) is 70.8 Å². The van der Waals surface area contributed by atoms with Gasteiger partial charge in [0.05, 0.1) is 5.41 Å². The maximum Gasteiger partial charge on any atom is 0.673 e. The first kappa shape index (κ1) is 20.2. The molecule has 26 heavy (non-hydrogen) atoms. The van der Waals surface area contributed by atoms with Crippen molar-refractivity contribution in [2.24, 2.45) is 0 Å². The van der Waals surface area contributed by atoms with Crippen LogP contribution in [0.2, 0.25) is 5.02 Å². The van der Waals surface area contributed by atoms with Crippen LogP contribution in [-0.2, 0) is 5.41 Å². The first-order valence-corrected chi connectivity index (χ1v) is 8.39. The molecule has 1 heterocycles. The molecule has 0 N–H and O–H groups in total. The zero-order chi connectivity index (χ0) is 19.5. The van der Waals surface area contributed by atoms with Gasteiger partial charge in [0.25, 0.3) is 0 Å². The Morgan fingerprint density at radius 3 is 2.00 bits per heavy atom. The largest absolute Gasteiger partial charge is 0.673 e. The third-order valence-electron chi connectivity index (χ3n) is 4.24. The lowest BCUT2D eigenvalue weighted by atomic mass is 9.81. The van der Waals surface area contributed by atoms with Crippen molar-refractivity contribution in [3.63, 3.8) is 0 Å². The average molecular weight is 384 g/mol. The fourth-order valence-corrected chi connectivity index (χ4v) is 3.18. The van der Waals surface area contributed by atoms with Crippen LogP contribution in [0.4, 0.5) is 23.0 Å². The van der Waals surface area contributed by atoms with Gasteiger partial charge in [0.1, 0.15) is 7.05 Å². The van der Waals surface area contributed by atoms with Crippen LogP contribution in [0.5, 0.6) is 0 Å². The predicted octanol–water partition coefficient (Wildman–Crippen LogP) is 6.36. The van der Waals surface area contributed by atoms with Crippen LogP contribution in [-0.4, -0.2) is 24.6 Å². The first-order chi connectivity index (χ1) is 12.0. The van der Waals surface area contributed by atoms with Crippen LogP contribution in [0.25, 0.3) is 6.08 Å². The number of hydrogen-bond acceptors (Lipinski definition) is 0. The fourth-order valence-electron chi connectivity index (χ4n) is 3.05. The van der Waals surface area contributed by atoms with E-state index in [1.807, 2.05) is 24.3 Å². The highest BCUT2D eigenvalue weighted by Crippen LogP contribution is 2.39. The van der Waals surface area contributed by atoms with E-state index in [0.717, 1.165) is 10.6 Å². The number of halogens is 5. The second kappa shape index (κ2) is 7.66. The molecule has 0 saturated heterocycles. The second-order valence-corrected chi connectivity index (χ2v) is 6.90. The summed E-state index contributed by atoms with van der Waals surface area (Å²) in [6.07, 6.45) is 4.36. The molecule has 0 atom stereocenters. The number of allylic oxidation sites excluding steroid dienone is 1. The minimum atomic E-state index is -6.00. The lowest BCUT2D eigenvalue weighted by Gasteiger charge is -2.15. The Hall–Kier alpha value is -2.08. The van der Waals surface area contributed by atoms with Crippen LogP contribution in [0, 0.1) is 0 Å². The van der Waals surface area contributed by atoms with E-state index in [1.54, 1.807) is 0 Å². The number of para-hydroxylation sites is 1. The molecule has 0 fully saturated rings. The molecule has 1 aliphatic rings. The number of rotatable bonds is 2.